The highest BCUT2D eigenvalue weighted by atomic mass is 16.5. The highest BCUT2D eigenvalue weighted by Crippen LogP contribution is 2.42. The minimum Gasteiger partial charge on any atom is -0.497 e. The first kappa shape index (κ1) is 17.2. The number of methoxy groups -OCH3 is 1. The van der Waals surface area contributed by atoms with Gasteiger partial charge < -0.3 is 14.8 Å². The maximum absolute atomic E-state index is 12.7. The summed E-state index contributed by atoms with van der Waals surface area (Å²) in [5.41, 5.74) is 3.07. The number of benzene rings is 3. The molecule has 4 heteroatoms. The van der Waals surface area contributed by atoms with Crippen molar-refractivity contribution in [3.63, 3.8) is 0 Å². The van der Waals surface area contributed by atoms with Gasteiger partial charge in [0.1, 0.15) is 17.2 Å². The van der Waals surface area contributed by atoms with Crippen LogP contribution in [0.1, 0.15) is 29.2 Å². The minimum absolute atomic E-state index is 0.0160. The van der Waals surface area contributed by atoms with Crippen molar-refractivity contribution in [2.75, 3.05) is 7.11 Å². The number of fused-ring (bicyclic) bond motifs is 2. The molecule has 1 N–H and O–H groups in total. The normalized spacial score (nSPS) is 12.5. The summed E-state index contributed by atoms with van der Waals surface area (Å²) < 4.78 is 11.1. The van der Waals surface area contributed by atoms with Gasteiger partial charge in [-0.05, 0) is 36.2 Å². The first-order valence-corrected chi connectivity index (χ1v) is 9.02. The van der Waals surface area contributed by atoms with Gasteiger partial charge in [-0.1, -0.05) is 48.5 Å². The topological polar surface area (TPSA) is 47.6 Å². The maximum Gasteiger partial charge on any atom is 0.221 e. The lowest BCUT2D eigenvalue weighted by atomic mass is 9.94. The van der Waals surface area contributed by atoms with E-state index in [1.807, 2.05) is 72.8 Å². The number of ether oxygens (including phenoxy) is 2. The molecule has 0 atom stereocenters. The van der Waals surface area contributed by atoms with E-state index in [4.69, 9.17) is 9.47 Å². The molecule has 0 aliphatic carbocycles. The summed E-state index contributed by atoms with van der Waals surface area (Å²) in [7, 11) is 1.64. The average molecular weight is 359 g/mol. The summed E-state index contributed by atoms with van der Waals surface area (Å²) in [6, 6.07) is 23.3. The van der Waals surface area contributed by atoms with E-state index in [1.165, 1.54) is 0 Å². The van der Waals surface area contributed by atoms with Gasteiger partial charge in [0, 0.05) is 17.5 Å². The molecule has 4 nitrogen and oxygen atoms in total. The van der Waals surface area contributed by atoms with Gasteiger partial charge in [0.15, 0.2) is 0 Å². The Morgan fingerprint density at radius 1 is 0.926 bits per heavy atom. The minimum atomic E-state index is -0.200. The molecule has 27 heavy (non-hydrogen) atoms. The van der Waals surface area contributed by atoms with Gasteiger partial charge in [0.05, 0.1) is 13.2 Å². The molecule has 0 fully saturated rings. The highest BCUT2D eigenvalue weighted by molar-refractivity contribution is 5.78. The van der Waals surface area contributed by atoms with Crippen molar-refractivity contribution in [2.24, 2.45) is 0 Å². The largest absolute Gasteiger partial charge is 0.497 e. The second-order valence-corrected chi connectivity index (χ2v) is 6.53. The third kappa shape index (κ3) is 3.65. The number of carbonyl (C=O) groups is 1. The predicted octanol–water partition coefficient (Wildman–Crippen LogP) is 4.64. The monoisotopic (exact) mass is 359 g/mol. The Hall–Kier alpha value is -3.27. The molecular formula is C23H21NO3. The number of amides is 1. The summed E-state index contributed by atoms with van der Waals surface area (Å²) in [6.07, 6.45) is 1.11. The fourth-order valence-corrected chi connectivity index (χ4v) is 3.35. The van der Waals surface area contributed by atoms with Crippen LogP contribution >= 0.6 is 0 Å². The highest BCUT2D eigenvalue weighted by Gasteiger charge is 2.27. The molecule has 1 aliphatic rings. The summed E-state index contributed by atoms with van der Waals surface area (Å²) in [6.45, 7) is 0. The summed E-state index contributed by atoms with van der Waals surface area (Å²) in [5, 5.41) is 3.18. The van der Waals surface area contributed by atoms with E-state index in [9.17, 15) is 4.79 Å². The zero-order chi connectivity index (χ0) is 18.6. The Balaban J connectivity index is 1.49. The molecule has 0 spiro atoms. The second kappa shape index (κ2) is 7.54. The molecule has 0 radical (unpaired) electrons. The lowest BCUT2D eigenvalue weighted by Gasteiger charge is -2.28. The van der Waals surface area contributed by atoms with E-state index in [-0.39, 0.29) is 11.9 Å². The first-order chi connectivity index (χ1) is 13.2. The molecule has 0 saturated heterocycles. The fraction of sp³-hybridized carbons (Fsp3) is 0.174. The SMILES string of the molecule is COc1ccc(CCC(=O)NC2c3ccccc3Oc3ccccc32)cc1. The van der Waals surface area contributed by atoms with Crippen LogP contribution < -0.4 is 14.8 Å². The quantitative estimate of drug-likeness (QED) is 0.722. The Labute approximate surface area is 158 Å². The van der Waals surface area contributed by atoms with Crippen LogP contribution in [0.2, 0.25) is 0 Å². The Morgan fingerprint density at radius 2 is 1.52 bits per heavy atom. The van der Waals surface area contributed by atoms with Crippen molar-refractivity contribution >= 4 is 5.91 Å². The van der Waals surface area contributed by atoms with Crippen LogP contribution in [-0.4, -0.2) is 13.0 Å². The van der Waals surface area contributed by atoms with E-state index < -0.39 is 0 Å². The van der Waals surface area contributed by atoms with Crippen molar-refractivity contribution in [1.82, 2.24) is 5.32 Å². The van der Waals surface area contributed by atoms with Crippen LogP contribution in [0.15, 0.2) is 72.8 Å². The van der Waals surface area contributed by atoms with E-state index in [1.54, 1.807) is 7.11 Å². The van der Waals surface area contributed by atoms with Gasteiger partial charge in [-0.15, -0.1) is 0 Å². The van der Waals surface area contributed by atoms with E-state index in [0.717, 1.165) is 33.9 Å². The maximum atomic E-state index is 12.7. The Bertz CT molecular complexity index is 904. The van der Waals surface area contributed by atoms with Crippen LogP contribution in [0.25, 0.3) is 0 Å². The van der Waals surface area contributed by atoms with E-state index in [0.29, 0.717) is 12.8 Å². The van der Waals surface area contributed by atoms with Crippen LogP contribution in [0.3, 0.4) is 0 Å². The van der Waals surface area contributed by atoms with Crippen LogP contribution in [0.5, 0.6) is 17.2 Å². The van der Waals surface area contributed by atoms with Crippen molar-refractivity contribution in [2.45, 2.75) is 18.9 Å². The predicted molar refractivity (Wildman–Crippen MR) is 104 cm³/mol. The molecule has 3 aromatic rings. The number of hydrogen-bond acceptors (Lipinski definition) is 3. The number of aryl methyl sites for hydroxylation is 1. The molecule has 0 unspecified atom stereocenters. The first-order valence-electron chi connectivity index (χ1n) is 9.02. The van der Waals surface area contributed by atoms with E-state index in [2.05, 4.69) is 5.32 Å². The summed E-state index contributed by atoms with van der Waals surface area (Å²) >= 11 is 0. The lowest BCUT2D eigenvalue weighted by molar-refractivity contribution is -0.121. The van der Waals surface area contributed by atoms with E-state index >= 15 is 0 Å². The lowest BCUT2D eigenvalue weighted by Crippen LogP contribution is -2.31. The second-order valence-electron chi connectivity index (χ2n) is 6.53. The third-order valence-electron chi connectivity index (χ3n) is 4.79. The van der Waals surface area contributed by atoms with Crippen molar-refractivity contribution in [3.05, 3.63) is 89.5 Å². The van der Waals surface area contributed by atoms with Crippen LogP contribution in [-0.2, 0) is 11.2 Å². The molecule has 1 amide bonds. The fourth-order valence-electron chi connectivity index (χ4n) is 3.35. The van der Waals surface area contributed by atoms with Crippen molar-refractivity contribution in [1.29, 1.82) is 0 Å². The van der Waals surface area contributed by atoms with Gasteiger partial charge in [-0.25, -0.2) is 0 Å². The molecule has 3 aromatic carbocycles. The summed E-state index contributed by atoms with van der Waals surface area (Å²) in [4.78, 5) is 12.7. The molecule has 4 rings (SSSR count). The number of para-hydroxylation sites is 2. The number of rotatable bonds is 5. The van der Waals surface area contributed by atoms with Gasteiger partial charge in [-0.3, -0.25) is 4.79 Å². The number of carbonyl (C=O) groups excluding carboxylic acids is 1. The average Bonchev–Trinajstić information content (AvgIpc) is 2.72. The molecule has 0 bridgehead atoms. The molecule has 136 valence electrons. The number of nitrogens with one attached hydrogen (secondary N) is 1. The van der Waals surface area contributed by atoms with Crippen molar-refractivity contribution < 1.29 is 14.3 Å². The molecule has 1 aliphatic heterocycles. The zero-order valence-electron chi connectivity index (χ0n) is 15.1. The van der Waals surface area contributed by atoms with Gasteiger partial charge in [0.25, 0.3) is 0 Å². The Kier molecular flexibility index (Phi) is 4.79. The molecule has 1 heterocycles. The molecule has 0 aromatic heterocycles. The van der Waals surface area contributed by atoms with Gasteiger partial charge >= 0.3 is 0 Å². The van der Waals surface area contributed by atoms with Crippen LogP contribution in [0.4, 0.5) is 0 Å². The van der Waals surface area contributed by atoms with Gasteiger partial charge in [0.2, 0.25) is 5.91 Å². The summed E-state index contributed by atoms with van der Waals surface area (Å²) in [5.74, 6) is 2.41. The third-order valence-corrected chi connectivity index (χ3v) is 4.79. The van der Waals surface area contributed by atoms with Gasteiger partial charge in [-0.2, -0.15) is 0 Å². The molecular weight excluding hydrogens is 338 g/mol. The van der Waals surface area contributed by atoms with Crippen molar-refractivity contribution in [3.8, 4) is 17.2 Å². The Morgan fingerprint density at radius 3 is 2.11 bits per heavy atom. The standard InChI is InChI=1S/C23H21NO3/c1-26-17-13-10-16(11-14-17)12-15-22(25)24-23-18-6-2-4-8-20(18)27-21-9-5-3-7-19(21)23/h2-11,13-14,23H,12,15H2,1H3,(H,24,25). The zero-order valence-corrected chi connectivity index (χ0v) is 15.1. The smallest absolute Gasteiger partial charge is 0.221 e. The molecule has 0 saturated carbocycles. The van der Waals surface area contributed by atoms with Crippen LogP contribution in [0, 0.1) is 0 Å². The number of hydrogen-bond donors (Lipinski definition) is 1.